The standard InChI is InChI=1S/C20H32N2O5/c1-13-8-6-4-3-5-7-9-14-11-20(14,19(26)27-2)21-17(24)16-10-15(23)12-22(16)18(13)25/h13-16,23H,3-12H2,1-2H3,(H,21,24)/t13-,14?,15-,16-,20+/m0/s1. The van der Waals surface area contributed by atoms with Crippen LogP contribution in [-0.2, 0) is 19.1 Å². The summed E-state index contributed by atoms with van der Waals surface area (Å²) in [5.74, 6) is -0.918. The second kappa shape index (κ2) is 8.17. The maximum Gasteiger partial charge on any atom is 0.331 e. The van der Waals surface area contributed by atoms with Crippen LogP contribution in [0.5, 0.6) is 0 Å². The van der Waals surface area contributed by atoms with Crippen molar-refractivity contribution in [2.45, 2.75) is 82.4 Å². The van der Waals surface area contributed by atoms with Gasteiger partial charge in [-0.2, -0.15) is 0 Å². The third-order valence-electron chi connectivity index (χ3n) is 6.48. The van der Waals surface area contributed by atoms with Gasteiger partial charge in [0.15, 0.2) is 0 Å². The summed E-state index contributed by atoms with van der Waals surface area (Å²) >= 11 is 0. The Labute approximate surface area is 160 Å². The van der Waals surface area contributed by atoms with E-state index in [0.717, 1.165) is 44.9 Å². The van der Waals surface area contributed by atoms with Crippen LogP contribution in [0.25, 0.3) is 0 Å². The summed E-state index contributed by atoms with van der Waals surface area (Å²) in [7, 11) is 1.34. The highest BCUT2D eigenvalue weighted by Gasteiger charge is 2.62. The van der Waals surface area contributed by atoms with Gasteiger partial charge in [-0.3, -0.25) is 9.59 Å². The van der Waals surface area contributed by atoms with E-state index in [1.54, 1.807) is 0 Å². The highest BCUT2D eigenvalue weighted by Crippen LogP contribution is 2.48. The first-order chi connectivity index (χ1) is 12.9. The van der Waals surface area contributed by atoms with Crippen molar-refractivity contribution >= 4 is 17.8 Å². The van der Waals surface area contributed by atoms with Crippen molar-refractivity contribution < 1.29 is 24.2 Å². The second-order valence-electron chi connectivity index (χ2n) is 8.50. The van der Waals surface area contributed by atoms with Gasteiger partial charge in [-0.1, -0.05) is 39.0 Å². The minimum atomic E-state index is -0.958. The van der Waals surface area contributed by atoms with Crippen LogP contribution in [0.4, 0.5) is 0 Å². The predicted octanol–water partition coefficient (Wildman–Crippen LogP) is 1.38. The number of ether oxygens (including phenoxy) is 1. The zero-order chi connectivity index (χ0) is 19.6. The first-order valence-corrected chi connectivity index (χ1v) is 10.3. The molecule has 7 nitrogen and oxygen atoms in total. The number of nitrogens with one attached hydrogen (secondary N) is 1. The lowest BCUT2D eigenvalue weighted by molar-refractivity contribution is -0.148. The Morgan fingerprint density at radius 1 is 1.19 bits per heavy atom. The molecule has 2 saturated heterocycles. The molecule has 1 unspecified atom stereocenters. The summed E-state index contributed by atoms with van der Waals surface area (Å²) in [5.41, 5.74) is -0.958. The third kappa shape index (κ3) is 4.13. The molecule has 5 atom stereocenters. The van der Waals surface area contributed by atoms with Crippen LogP contribution in [0.1, 0.15) is 64.7 Å². The van der Waals surface area contributed by atoms with Crippen LogP contribution in [0, 0.1) is 11.8 Å². The Bertz CT molecular complexity index is 595. The molecule has 0 bridgehead atoms. The lowest BCUT2D eigenvalue weighted by Crippen LogP contribution is -2.54. The van der Waals surface area contributed by atoms with Gasteiger partial charge in [0.1, 0.15) is 11.6 Å². The fraction of sp³-hybridized carbons (Fsp3) is 0.850. The molecule has 0 aromatic carbocycles. The zero-order valence-electron chi connectivity index (χ0n) is 16.4. The number of aliphatic hydroxyl groups is 1. The maximum absolute atomic E-state index is 13.0. The van der Waals surface area contributed by atoms with E-state index in [-0.39, 0.29) is 36.6 Å². The SMILES string of the molecule is COC(=O)[C@@]12CC1CCCCCCC[C@H](C)C(=O)N1C[C@@H](O)C[C@H]1C(=O)N2. The monoisotopic (exact) mass is 380 g/mol. The van der Waals surface area contributed by atoms with Crippen LogP contribution < -0.4 is 5.32 Å². The summed E-state index contributed by atoms with van der Waals surface area (Å²) in [6.07, 6.45) is 7.12. The van der Waals surface area contributed by atoms with Crippen molar-refractivity contribution in [3.63, 3.8) is 0 Å². The number of nitrogens with zero attached hydrogens (tertiary/aromatic N) is 1. The van der Waals surface area contributed by atoms with Crippen LogP contribution in [0.2, 0.25) is 0 Å². The fourth-order valence-corrected chi connectivity index (χ4v) is 4.70. The molecule has 2 heterocycles. The minimum absolute atomic E-state index is 0.0824. The molecule has 3 rings (SSSR count). The number of methoxy groups -OCH3 is 1. The van der Waals surface area contributed by atoms with Crippen molar-refractivity contribution in [1.29, 1.82) is 0 Å². The predicted molar refractivity (Wildman–Crippen MR) is 98.6 cm³/mol. The molecule has 27 heavy (non-hydrogen) atoms. The number of aliphatic hydroxyl groups excluding tert-OH is 1. The molecule has 152 valence electrons. The van der Waals surface area contributed by atoms with Crippen molar-refractivity contribution in [3.05, 3.63) is 0 Å². The zero-order valence-corrected chi connectivity index (χ0v) is 16.4. The number of carbonyl (C=O) groups excluding carboxylic acids is 3. The van der Waals surface area contributed by atoms with E-state index < -0.39 is 23.7 Å². The largest absolute Gasteiger partial charge is 0.467 e. The van der Waals surface area contributed by atoms with E-state index in [1.807, 2.05) is 6.92 Å². The Morgan fingerprint density at radius 2 is 1.85 bits per heavy atom. The van der Waals surface area contributed by atoms with Crippen molar-refractivity contribution in [1.82, 2.24) is 10.2 Å². The van der Waals surface area contributed by atoms with Gasteiger partial charge in [-0.25, -0.2) is 4.79 Å². The van der Waals surface area contributed by atoms with Crippen molar-refractivity contribution in [3.8, 4) is 0 Å². The molecule has 1 aliphatic carbocycles. The second-order valence-corrected chi connectivity index (χ2v) is 8.50. The molecule has 0 radical (unpaired) electrons. The number of esters is 1. The van der Waals surface area contributed by atoms with E-state index in [1.165, 1.54) is 12.0 Å². The quantitative estimate of drug-likeness (QED) is 0.670. The van der Waals surface area contributed by atoms with E-state index in [0.29, 0.717) is 6.42 Å². The van der Waals surface area contributed by atoms with Crippen LogP contribution in [0.3, 0.4) is 0 Å². The number of amides is 2. The summed E-state index contributed by atoms with van der Waals surface area (Å²) in [4.78, 5) is 39.7. The Hall–Kier alpha value is -1.63. The van der Waals surface area contributed by atoms with Gasteiger partial charge in [0.2, 0.25) is 11.8 Å². The molecule has 2 N–H and O–H groups in total. The fourth-order valence-electron chi connectivity index (χ4n) is 4.70. The molecule has 3 fully saturated rings. The molecule has 1 saturated carbocycles. The van der Waals surface area contributed by atoms with Gasteiger partial charge in [0.05, 0.1) is 13.2 Å². The summed E-state index contributed by atoms with van der Waals surface area (Å²) < 4.78 is 4.96. The summed E-state index contributed by atoms with van der Waals surface area (Å²) in [5, 5.41) is 13.0. The van der Waals surface area contributed by atoms with E-state index >= 15 is 0 Å². The minimum Gasteiger partial charge on any atom is -0.467 e. The number of carbonyl (C=O) groups is 3. The van der Waals surface area contributed by atoms with E-state index in [4.69, 9.17) is 4.74 Å². The first kappa shape index (κ1) is 20.1. The highest BCUT2D eigenvalue weighted by atomic mass is 16.5. The van der Waals surface area contributed by atoms with Gasteiger partial charge in [-0.05, 0) is 25.2 Å². The maximum atomic E-state index is 13.0. The van der Waals surface area contributed by atoms with Crippen LogP contribution in [-0.4, -0.2) is 59.1 Å². The summed E-state index contributed by atoms with van der Waals surface area (Å²) in [6.45, 7) is 2.07. The lowest BCUT2D eigenvalue weighted by atomic mass is 10.00. The molecule has 0 aromatic rings. The highest BCUT2D eigenvalue weighted by molar-refractivity contribution is 5.95. The van der Waals surface area contributed by atoms with Gasteiger partial charge in [-0.15, -0.1) is 0 Å². The lowest BCUT2D eigenvalue weighted by Gasteiger charge is -2.28. The third-order valence-corrected chi connectivity index (χ3v) is 6.48. The van der Waals surface area contributed by atoms with Crippen LogP contribution >= 0.6 is 0 Å². The van der Waals surface area contributed by atoms with Crippen molar-refractivity contribution in [2.24, 2.45) is 11.8 Å². The van der Waals surface area contributed by atoms with Gasteiger partial charge in [0, 0.05) is 18.9 Å². The molecule has 0 spiro atoms. The Kier molecular flexibility index (Phi) is 6.08. The average molecular weight is 380 g/mol. The first-order valence-electron chi connectivity index (χ1n) is 10.3. The molecule has 7 heteroatoms. The number of hydrogen-bond acceptors (Lipinski definition) is 5. The van der Waals surface area contributed by atoms with Crippen LogP contribution in [0.15, 0.2) is 0 Å². The van der Waals surface area contributed by atoms with Crippen molar-refractivity contribution in [2.75, 3.05) is 13.7 Å². The molecule has 3 aliphatic rings. The van der Waals surface area contributed by atoms with Gasteiger partial charge < -0.3 is 20.1 Å². The average Bonchev–Trinajstić information content (AvgIpc) is 3.19. The van der Waals surface area contributed by atoms with E-state index in [2.05, 4.69) is 5.32 Å². The summed E-state index contributed by atoms with van der Waals surface area (Å²) in [6, 6.07) is -0.720. The smallest absolute Gasteiger partial charge is 0.331 e. The molecular weight excluding hydrogens is 348 g/mol. The van der Waals surface area contributed by atoms with E-state index in [9.17, 15) is 19.5 Å². The Morgan fingerprint density at radius 3 is 2.56 bits per heavy atom. The number of fused-ring (bicyclic) bond motifs is 2. The molecule has 0 aromatic heterocycles. The Balaban J connectivity index is 1.80. The van der Waals surface area contributed by atoms with Gasteiger partial charge >= 0.3 is 5.97 Å². The van der Waals surface area contributed by atoms with Gasteiger partial charge in [0.25, 0.3) is 0 Å². The normalized spacial score (nSPS) is 38.1. The molecule has 2 amide bonds. The number of rotatable bonds is 1. The topological polar surface area (TPSA) is 95.9 Å². The number of hydrogen-bond donors (Lipinski definition) is 2. The molecule has 2 aliphatic heterocycles. The molecular formula is C20H32N2O5.